The number of carbonyl (C=O) groups excluding carboxylic acids is 1. The fraction of sp³-hybridized carbons (Fsp3) is 0.500. The van der Waals surface area contributed by atoms with Crippen molar-refractivity contribution >= 4 is 11.9 Å². The molecule has 0 bridgehead atoms. The molecule has 0 radical (unpaired) electrons. The molecular weight excluding hydrogens is 270 g/mol. The van der Waals surface area contributed by atoms with E-state index in [4.69, 9.17) is 4.74 Å². The minimum Gasteiger partial charge on any atom is -0.480 e. The third-order valence-electron chi connectivity index (χ3n) is 4.12. The van der Waals surface area contributed by atoms with Crippen LogP contribution in [0.4, 0.5) is 0 Å². The monoisotopic (exact) mass is 291 g/mol. The number of carbonyl (C=O) groups is 2. The van der Waals surface area contributed by atoms with Gasteiger partial charge in [0.2, 0.25) is 5.91 Å². The molecule has 1 aliphatic rings. The molecule has 5 heteroatoms. The SMILES string of the molecule is Cc1cccc(C)c1CC(=O)NC1(C(=O)O)CCOCC1. The first kappa shape index (κ1) is 15.5. The van der Waals surface area contributed by atoms with Crippen molar-refractivity contribution in [3.05, 3.63) is 34.9 Å². The Balaban J connectivity index is 2.11. The molecule has 1 heterocycles. The number of aryl methyl sites for hydroxylation is 2. The van der Waals surface area contributed by atoms with Crippen LogP contribution in [0.25, 0.3) is 0 Å². The second kappa shape index (κ2) is 6.26. The maximum Gasteiger partial charge on any atom is 0.329 e. The number of hydrogen-bond donors (Lipinski definition) is 2. The molecule has 0 unspecified atom stereocenters. The zero-order valence-electron chi connectivity index (χ0n) is 12.4. The molecule has 1 amide bonds. The number of benzene rings is 1. The molecule has 0 spiro atoms. The summed E-state index contributed by atoms with van der Waals surface area (Å²) in [4.78, 5) is 23.8. The molecule has 1 aromatic carbocycles. The van der Waals surface area contributed by atoms with Crippen LogP contribution in [-0.4, -0.2) is 35.7 Å². The maximum absolute atomic E-state index is 12.3. The van der Waals surface area contributed by atoms with Crippen LogP contribution < -0.4 is 5.32 Å². The molecular formula is C16H21NO4. The largest absolute Gasteiger partial charge is 0.480 e. The van der Waals surface area contributed by atoms with Crippen LogP contribution in [0, 0.1) is 13.8 Å². The highest BCUT2D eigenvalue weighted by Crippen LogP contribution is 2.22. The Morgan fingerprint density at radius 3 is 2.33 bits per heavy atom. The molecule has 1 aromatic rings. The number of carboxylic acid groups (broad SMARTS) is 1. The third-order valence-corrected chi connectivity index (χ3v) is 4.12. The van der Waals surface area contributed by atoms with Gasteiger partial charge in [-0.05, 0) is 30.5 Å². The van der Waals surface area contributed by atoms with E-state index < -0.39 is 11.5 Å². The number of aliphatic carboxylic acids is 1. The van der Waals surface area contributed by atoms with Gasteiger partial charge in [-0.25, -0.2) is 4.79 Å². The number of amides is 1. The maximum atomic E-state index is 12.3. The normalized spacial score (nSPS) is 17.2. The lowest BCUT2D eigenvalue weighted by molar-refractivity contribution is -0.152. The van der Waals surface area contributed by atoms with Gasteiger partial charge < -0.3 is 15.2 Å². The van der Waals surface area contributed by atoms with E-state index >= 15 is 0 Å². The molecule has 1 fully saturated rings. The summed E-state index contributed by atoms with van der Waals surface area (Å²) in [6.45, 7) is 4.62. The van der Waals surface area contributed by atoms with Crippen molar-refractivity contribution in [1.82, 2.24) is 5.32 Å². The summed E-state index contributed by atoms with van der Waals surface area (Å²) in [6, 6.07) is 5.86. The highest BCUT2D eigenvalue weighted by molar-refractivity contribution is 5.88. The van der Waals surface area contributed by atoms with Gasteiger partial charge in [0.05, 0.1) is 6.42 Å². The van der Waals surface area contributed by atoms with Crippen LogP contribution >= 0.6 is 0 Å². The van der Waals surface area contributed by atoms with Crippen molar-refractivity contribution in [3.63, 3.8) is 0 Å². The minimum atomic E-state index is -1.19. The molecule has 1 aliphatic heterocycles. The Morgan fingerprint density at radius 2 is 1.81 bits per heavy atom. The first-order valence-electron chi connectivity index (χ1n) is 7.12. The number of ether oxygens (including phenoxy) is 1. The Hall–Kier alpha value is -1.88. The van der Waals surface area contributed by atoms with Gasteiger partial charge in [0.25, 0.3) is 0 Å². The quantitative estimate of drug-likeness (QED) is 0.883. The summed E-state index contributed by atoms with van der Waals surface area (Å²) < 4.78 is 5.20. The number of nitrogens with one attached hydrogen (secondary N) is 1. The molecule has 114 valence electrons. The highest BCUT2D eigenvalue weighted by atomic mass is 16.5. The standard InChI is InChI=1S/C16H21NO4/c1-11-4-3-5-12(2)13(11)10-14(18)17-16(15(19)20)6-8-21-9-7-16/h3-5H,6-10H2,1-2H3,(H,17,18)(H,19,20). The van der Waals surface area contributed by atoms with Crippen molar-refractivity contribution in [1.29, 1.82) is 0 Å². The van der Waals surface area contributed by atoms with E-state index in [2.05, 4.69) is 5.32 Å². The van der Waals surface area contributed by atoms with Gasteiger partial charge in [-0.3, -0.25) is 4.79 Å². The Bertz CT molecular complexity index is 527. The zero-order chi connectivity index (χ0) is 15.5. The number of carboxylic acids is 1. The molecule has 2 N–H and O–H groups in total. The lowest BCUT2D eigenvalue weighted by atomic mass is 9.89. The Labute approximate surface area is 124 Å². The van der Waals surface area contributed by atoms with Crippen LogP contribution in [-0.2, 0) is 20.7 Å². The second-order valence-corrected chi connectivity index (χ2v) is 5.59. The lowest BCUT2D eigenvalue weighted by Crippen LogP contribution is -2.57. The van der Waals surface area contributed by atoms with Crippen molar-refractivity contribution in [2.45, 2.75) is 38.6 Å². The molecule has 5 nitrogen and oxygen atoms in total. The first-order chi connectivity index (χ1) is 9.94. The molecule has 21 heavy (non-hydrogen) atoms. The summed E-state index contributed by atoms with van der Waals surface area (Å²) >= 11 is 0. The molecule has 0 atom stereocenters. The van der Waals surface area contributed by atoms with Gasteiger partial charge in [0.1, 0.15) is 5.54 Å². The van der Waals surface area contributed by atoms with E-state index in [1.807, 2.05) is 32.0 Å². The summed E-state index contributed by atoms with van der Waals surface area (Å²) in [6.07, 6.45) is 0.816. The number of hydrogen-bond acceptors (Lipinski definition) is 3. The van der Waals surface area contributed by atoms with Crippen molar-refractivity contribution in [3.8, 4) is 0 Å². The first-order valence-corrected chi connectivity index (χ1v) is 7.12. The van der Waals surface area contributed by atoms with E-state index in [0.29, 0.717) is 26.1 Å². The second-order valence-electron chi connectivity index (χ2n) is 5.59. The molecule has 0 saturated carbocycles. The van der Waals surface area contributed by atoms with Crippen LogP contribution in [0.5, 0.6) is 0 Å². The van der Waals surface area contributed by atoms with E-state index in [1.54, 1.807) is 0 Å². The predicted octanol–water partition coefficient (Wildman–Crippen LogP) is 1.60. The number of rotatable bonds is 4. The van der Waals surface area contributed by atoms with Gasteiger partial charge in [0.15, 0.2) is 0 Å². The smallest absolute Gasteiger partial charge is 0.329 e. The van der Waals surface area contributed by atoms with Gasteiger partial charge >= 0.3 is 5.97 Å². The fourth-order valence-electron chi connectivity index (χ4n) is 2.71. The van der Waals surface area contributed by atoms with Crippen molar-refractivity contribution in [2.75, 3.05) is 13.2 Å². The minimum absolute atomic E-state index is 0.203. The van der Waals surface area contributed by atoms with Crippen LogP contribution in [0.1, 0.15) is 29.5 Å². The van der Waals surface area contributed by atoms with Gasteiger partial charge in [-0.1, -0.05) is 18.2 Å². The molecule has 0 aliphatic carbocycles. The van der Waals surface area contributed by atoms with Crippen molar-refractivity contribution in [2.24, 2.45) is 0 Å². The summed E-state index contributed by atoms with van der Waals surface area (Å²) in [5, 5.41) is 12.2. The molecule has 1 saturated heterocycles. The Kier molecular flexibility index (Phi) is 4.63. The van der Waals surface area contributed by atoms with Crippen LogP contribution in [0.2, 0.25) is 0 Å². The summed E-state index contributed by atoms with van der Waals surface area (Å²) in [5.74, 6) is -1.24. The van der Waals surface area contributed by atoms with E-state index in [0.717, 1.165) is 16.7 Å². The summed E-state index contributed by atoms with van der Waals surface area (Å²) in [7, 11) is 0. The van der Waals surface area contributed by atoms with Crippen LogP contribution in [0.15, 0.2) is 18.2 Å². The van der Waals surface area contributed by atoms with E-state index in [-0.39, 0.29) is 12.3 Å². The van der Waals surface area contributed by atoms with Gasteiger partial charge in [0, 0.05) is 26.1 Å². The van der Waals surface area contributed by atoms with Gasteiger partial charge in [-0.2, -0.15) is 0 Å². The summed E-state index contributed by atoms with van der Waals surface area (Å²) in [5.41, 5.74) is 1.86. The molecule has 0 aromatic heterocycles. The van der Waals surface area contributed by atoms with Crippen molar-refractivity contribution < 1.29 is 19.4 Å². The van der Waals surface area contributed by atoms with E-state index in [9.17, 15) is 14.7 Å². The average molecular weight is 291 g/mol. The fourth-order valence-corrected chi connectivity index (χ4v) is 2.71. The Morgan fingerprint density at radius 1 is 1.24 bits per heavy atom. The highest BCUT2D eigenvalue weighted by Gasteiger charge is 2.41. The third kappa shape index (κ3) is 3.42. The molecule has 2 rings (SSSR count). The predicted molar refractivity (Wildman–Crippen MR) is 78.2 cm³/mol. The zero-order valence-corrected chi connectivity index (χ0v) is 12.4. The van der Waals surface area contributed by atoms with E-state index in [1.165, 1.54) is 0 Å². The average Bonchev–Trinajstić information content (AvgIpc) is 2.44. The topological polar surface area (TPSA) is 75.6 Å². The van der Waals surface area contributed by atoms with Crippen LogP contribution in [0.3, 0.4) is 0 Å². The lowest BCUT2D eigenvalue weighted by Gasteiger charge is -2.34. The van der Waals surface area contributed by atoms with Gasteiger partial charge in [-0.15, -0.1) is 0 Å².